The lowest BCUT2D eigenvalue weighted by Gasteiger charge is -2.17. The minimum atomic E-state index is 0.746. The molecule has 6 nitrogen and oxygen atoms in total. The smallest absolute Gasteiger partial charge is 0.224 e. The molecule has 0 unspecified atom stereocenters. The average molecular weight is 288 g/mol. The molecule has 6 heteroatoms. The van der Waals surface area contributed by atoms with E-state index in [1.54, 1.807) is 0 Å². The Hall–Kier alpha value is -1.95. The Morgan fingerprint density at radius 2 is 1.81 bits per heavy atom. The second-order valence-electron chi connectivity index (χ2n) is 5.58. The van der Waals surface area contributed by atoms with Crippen LogP contribution in [-0.2, 0) is 20.0 Å². The average Bonchev–Trinajstić information content (AvgIpc) is 2.85. The van der Waals surface area contributed by atoms with Crippen molar-refractivity contribution in [1.82, 2.24) is 24.4 Å². The monoisotopic (exact) mass is 288 g/mol. The minimum absolute atomic E-state index is 0.746. The number of hydrogen-bond donors (Lipinski definition) is 0. The van der Waals surface area contributed by atoms with Crippen molar-refractivity contribution in [2.45, 2.75) is 19.4 Å². The van der Waals surface area contributed by atoms with E-state index in [1.807, 2.05) is 50.8 Å². The summed E-state index contributed by atoms with van der Waals surface area (Å²) in [7, 11) is 8.05. The van der Waals surface area contributed by atoms with Gasteiger partial charge in [-0.3, -0.25) is 0 Å². The summed E-state index contributed by atoms with van der Waals surface area (Å²) in [6.07, 6.45) is 9.74. The minimum Gasteiger partial charge on any atom is -0.347 e. The van der Waals surface area contributed by atoms with Crippen molar-refractivity contribution in [2.75, 3.05) is 32.6 Å². The van der Waals surface area contributed by atoms with E-state index in [-0.39, 0.29) is 0 Å². The van der Waals surface area contributed by atoms with E-state index in [9.17, 15) is 0 Å². The second kappa shape index (κ2) is 7.17. The molecule has 2 heterocycles. The van der Waals surface area contributed by atoms with Gasteiger partial charge < -0.3 is 14.4 Å². The summed E-state index contributed by atoms with van der Waals surface area (Å²) in [5, 5.41) is 0. The Bertz CT molecular complexity index is 546. The van der Waals surface area contributed by atoms with Gasteiger partial charge in [-0.15, -0.1) is 0 Å². The highest BCUT2D eigenvalue weighted by molar-refractivity contribution is 5.26. The predicted molar refractivity (Wildman–Crippen MR) is 84.2 cm³/mol. The molecule has 21 heavy (non-hydrogen) atoms. The summed E-state index contributed by atoms with van der Waals surface area (Å²) < 4.78 is 2.08. The molecular formula is C15H24N6. The van der Waals surface area contributed by atoms with Crippen LogP contribution < -0.4 is 4.90 Å². The van der Waals surface area contributed by atoms with Gasteiger partial charge in [0.05, 0.1) is 0 Å². The highest BCUT2D eigenvalue weighted by Gasteiger charge is 2.05. The van der Waals surface area contributed by atoms with Crippen LogP contribution in [0.3, 0.4) is 0 Å². The zero-order valence-electron chi connectivity index (χ0n) is 13.3. The highest BCUT2D eigenvalue weighted by atomic mass is 15.2. The van der Waals surface area contributed by atoms with Gasteiger partial charge >= 0.3 is 0 Å². The maximum absolute atomic E-state index is 4.34. The molecule has 0 aromatic carbocycles. The Balaban J connectivity index is 1.76. The molecule has 114 valence electrons. The van der Waals surface area contributed by atoms with Gasteiger partial charge in [-0.25, -0.2) is 15.0 Å². The van der Waals surface area contributed by atoms with Crippen LogP contribution in [0.15, 0.2) is 24.8 Å². The first-order valence-corrected chi connectivity index (χ1v) is 7.19. The summed E-state index contributed by atoms with van der Waals surface area (Å²) in [4.78, 5) is 17.2. The van der Waals surface area contributed by atoms with Crippen LogP contribution in [0.2, 0.25) is 0 Å². The van der Waals surface area contributed by atoms with E-state index in [2.05, 4.69) is 31.5 Å². The number of anilines is 1. The first-order valence-electron chi connectivity index (χ1n) is 7.19. The topological polar surface area (TPSA) is 50.1 Å². The van der Waals surface area contributed by atoms with Crippen molar-refractivity contribution < 1.29 is 0 Å². The lowest BCUT2D eigenvalue weighted by Crippen LogP contribution is -2.20. The zero-order chi connectivity index (χ0) is 15.2. The van der Waals surface area contributed by atoms with E-state index < -0.39 is 0 Å². The van der Waals surface area contributed by atoms with Gasteiger partial charge in [-0.1, -0.05) is 0 Å². The Morgan fingerprint density at radius 1 is 1.10 bits per heavy atom. The van der Waals surface area contributed by atoms with E-state index in [0.29, 0.717) is 0 Å². The molecule has 0 aliphatic rings. The number of nitrogens with zero attached hydrogens (tertiary/aromatic N) is 6. The van der Waals surface area contributed by atoms with Gasteiger partial charge in [0.25, 0.3) is 0 Å². The number of imidazole rings is 1. The molecule has 0 bridgehead atoms. The van der Waals surface area contributed by atoms with Crippen molar-refractivity contribution >= 4 is 5.95 Å². The van der Waals surface area contributed by atoms with Gasteiger partial charge in [0.15, 0.2) is 0 Å². The molecular weight excluding hydrogens is 264 g/mol. The van der Waals surface area contributed by atoms with Gasteiger partial charge in [0.1, 0.15) is 5.82 Å². The molecule has 0 atom stereocenters. The van der Waals surface area contributed by atoms with Crippen LogP contribution in [0.1, 0.15) is 17.8 Å². The lowest BCUT2D eigenvalue weighted by molar-refractivity contribution is 0.320. The summed E-state index contributed by atoms with van der Waals surface area (Å²) in [6.45, 7) is 1.90. The quantitative estimate of drug-likeness (QED) is 0.769. The molecule has 0 aliphatic carbocycles. The molecule has 2 aromatic heterocycles. The molecule has 2 aromatic rings. The molecule has 0 saturated heterocycles. The van der Waals surface area contributed by atoms with Crippen LogP contribution in [-0.4, -0.2) is 52.1 Å². The first kappa shape index (κ1) is 15.4. The van der Waals surface area contributed by atoms with Crippen LogP contribution in [0.4, 0.5) is 5.95 Å². The third-order valence-electron chi connectivity index (χ3n) is 3.41. The van der Waals surface area contributed by atoms with Crippen LogP contribution in [0, 0.1) is 0 Å². The molecule has 0 saturated carbocycles. The number of aryl methyl sites for hydroxylation is 2. The molecule has 0 fully saturated rings. The first-order chi connectivity index (χ1) is 10.1. The zero-order valence-corrected chi connectivity index (χ0v) is 13.3. The van der Waals surface area contributed by atoms with E-state index in [1.165, 1.54) is 0 Å². The number of hydrogen-bond acceptors (Lipinski definition) is 5. The van der Waals surface area contributed by atoms with Crippen molar-refractivity contribution in [2.24, 2.45) is 7.05 Å². The maximum atomic E-state index is 4.34. The fraction of sp³-hybridized carbons (Fsp3) is 0.533. The van der Waals surface area contributed by atoms with E-state index >= 15 is 0 Å². The van der Waals surface area contributed by atoms with Gasteiger partial charge in [0, 0.05) is 64.5 Å². The predicted octanol–water partition coefficient (Wildman–Crippen LogP) is 1.34. The van der Waals surface area contributed by atoms with Crippen molar-refractivity contribution in [3.8, 4) is 0 Å². The third-order valence-corrected chi connectivity index (χ3v) is 3.41. The molecule has 0 aliphatic heterocycles. The van der Waals surface area contributed by atoms with Crippen molar-refractivity contribution in [3.05, 3.63) is 36.2 Å². The largest absolute Gasteiger partial charge is 0.347 e. The fourth-order valence-electron chi connectivity index (χ4n) is 2.20. The summed E-state index contributed by atoms with van der Waals surface area (Å²) >= 11 is 0. The molecule has 0 N–H and O–H groups in total. The Labute approximate surface area is 126 Å². The summed E-state index contributed by atoms with van der Waals surface area (Å²) in [5.74, 6) is 1.89. The Morgan fingerprint density at radius 3 is 2.38 bits per heavy atom. The molecule has 0 spiro atoms. The van der Waals surface area contributed by atoms with Crippen LogP contribution >= 0.6 is 0 Å². The third kappa shape index (κ3) is 4.53. The van der Waals surface area contributed by atoms with Crippen molar-refractivity contribution in [1.29, 1.82) is 0 Å². The normalized spacial score (nSPS) is 11.1. The fourth-order valence-corrected chi connectivity index (χ4v) is 2.20. The molecule has 0 amide bonds. The number of aromatic nitrogens is 4. The number of rotatable bonds is 7. The van der Waals surface area contributed by atoms with Gasteiger partial charge in [-0.05, 0) is 20.0 Å². The van der Waals surface area contributed by atoms with Crippen LogP contribution in [0.5, 0.6) is 0 Å². The highest BCUT2D eigenvalue weighted by Crippen LogP contribution is 2.06. The SMILES string of the molecule is CN(CCCc1nccn1C)Cc1cnc(N(C)C)nc1. The van der Waals surface area contributed by atoms with Gasteiger partial charge in [0.2, 0.25) is 5.95 Å². The molecule has 0 radical (unpaired) electrons. The van der Waals surface area contributed by atoms with E-state index in [4.69, 9.17) is 0 Å². The Kier molecular flexibility index (Phi) is 5.27. The van der Waals surface area contributed by atoms with Crippen molar-refractivity contribution in [3.63, 3.8) is 0 Å². The maximum Gasteiger partial charge on any atom is 0.224 e. The summed E-state index contributed by atoms with van der Waals surface area (Å²) in [5.41, 5.74) is 1.14. The van der Waals surface area contributed by atoms with Crippen LogP contribution in [0.25, 0.3) is 0 Å². The lowest BCUT2D eigenvalue weighted by atomic mass is 10.2. The molecule has 2 rings (SSSR count). The standard InChI is InChI=1S/C15H24N6/c1-19(2)15-17-10-13(11-18-15)12-20(3)8-5-6-14-16-7-9-21(14)4/h7,9-11H,5-6,8,12H2,1-4H3. The van der Waals surface area contributed by atoms with Gasteiger partial charge in [-0.2, -0.15) is 0 Å². The summed E-state index contributed by atoms with van der Waals surface area (Å²) in [6, 6.07) is 0. The second-order valence-corrected chi connectivity index (χ2v) is 5.58. The van der Waals surface area contributed by atoms with E-state index in [0.717, 1.165) is 43.3 Å².